The van der Waals surface area contributed by atoms with Crippen LogP contribution in [0.25, 0.3) is 0 Å². The van der Waals surface area contributed by atoms with Crippen molar-refractivity contribution in [2.24, 2.45) is 0 Å². The molecule has 0 bridgehead atoms. The normalized spacial score (nSPS) is 26.7. The van der Waals surface area contributed by atoms with Crippen molar-refractivity contribution in [2.75, 3.05) is 6.56 Å². The fraction of sp³-hybridized carbons (Fsp3) is 0.571. The Morgan fingerprint density at radius 3 is 2.56 bits per heavy atom. The molecule has 4 heteroatoms. The van der Waals surface area contributed by atoms with Gasteiger partial charge in [0.25, 0.3) is 0 Å². The zero-order valence-corrected chi connectivity index (χ0v) is 11.1. The first-order valence-electron chi connectivity index (χ1n) is 8.40. The molecule has 0 aromatic heterocycles. The third kappa shape index (κ3) is 2.40. The van der Waals surface area contributed by atoms with Crippen LogP contribution in [0, 0.1) is 0 Å². The molecule has 1 heterocycles. The second-order valence-electron chi connectivity index (χ2n) is 5.36. The Hall–Kier alpha value is -0.995. The van der Waals surface area contributed by atoms with Crippen LogP contribution in [-0.2, 0) is 9.31 Å². The van der Waals surface area contributed by atoms with Gasteiger partial charge in [-0.05, 0) is 52.1 Å². The van der Waals surface area contributed by atoms with Gasteiger partial charge < -0.3 is 14.0 Å². The molecule has 0 spiro atoms. The summed E-state index contributed by atoms with van der Waals surface area (Å²) in [4.78, 5) is 0. The van der Waals surface area contributed by atoms with Crippen LogP contribution in [0.1, 0.15) is 41.4 Å². The van der Waals surface area contributed by atoms with E-state index in [4.69, 9.17) is 20.9 Å². The Kier molecular flexibility index (Phi) is 2.10. The Morgan fingerprint density at radius 1 is 1.28 bits per heavy atom. The summed E-state index contributed by atoms with van der Waals surface area (Å²) in [5, 5.41) is 0. The van der Waals surface area contributed by atoms with Crippen LogP contribution in [0.3, 0.4) is 0 Å². The summed E-state index contributed by atoms with van der Waals surface area (Å²) in [5.74, 6) is 0.110. The zero-order chi connectivity index (χ0) is 17.7. The van der Waals surface area contributed by atoms with Crippen LogP contribution >= 0.6 is 0 Å². The Bertz CT molecular complexity index is 570. The van der Waals surface area contributed by atoms with E-state index < -0.39 is 31.7 Å². The first-order valence-corrected chi connectivity index (χ1v) is 5.90. The van der Waals surface area contributed by atoms with Crippen LogP contribution in [0.15, 0.2) is 24.3 Å². The maximum absolute atomic E-state index is 7.54. The van der Waals surface area contributed by atoms with Crippen LogP contribution in [0.4, 0.5) is 0 Å². The molecule has 0 amide bonds. The second-order valence-corrected chi connectivity index (χ2v) is 5.36. The maximum Gasteiger partial charge on any atom is 0.494 e. The first-order chi connectivity index (χ1) is 10.3. The SMILES string of the molecule is [2H]C([2H])([2H])C([2H])([2H])Oc1cccc(B2OC(C)(C)C(C)(C)O2)c1. The molecular formula is C14H21BO3. The fourth-order valence-electron chi connectivity index (χ4n) is 1.76. The molecule has 1 aromatic carbocycles. The quantitative estimate of drug-likeness (QED) is 0.774. The Labute approximate surface area is 117 Å². The van der Waals surface area contributed by atoms with Gasteiger partial charge in [-0.3, -0.25) is 0 Å². The van der Waals surface area contributed by atoms with E-state index in [-0.39, 0.29) is 5.75 Å². The molecule has 1 fully saturated rings. The first kappa shape index (κ1) is 8.23. The summed E-state index contributed by atoms with van der Waals surface area (Å²) in [6, 6.07) is 6.44. The molecule has 3 nitrogen and oxygen atoms in total. The molecule has 1 aromatic rings. The van der Waals surface area contributed by atoms with E-state index in [0.29, 0.717) is 5.46 Å². The van der Waals surface area contributed by atoms with E-state index in [1.54, 1.807) is 12.1 Å². The minimum atomic E-state index is -2.88. The molecule has 1 aliphatic heterocycles. The van der Waals surface area contributed by atoms with Crippen molar-refractivity contribution in [3.63, 3.8) is 0 Å². The van der Waals surface area contributed by atoms with Crippen molar-refractivity contribution >= 4 is 12.6 Å². The van der Waals surface area contributed by atoms with Crippen molar-refractivity contribution in [3.05, 3.63) is 24.3 Å². The molecular weight excluding hydrogens is 227 g/mol. The van der Waals surface area contributed by atoms with Gasteiger partial charge in [0.1, 0.15) is 5.75 Å². The van der Waals surface area contributed by atoms with Crippen LogP contribution in [0.2, 0.25) is 0 Å². The lowest BCUT2D eigenvalue weighted by Gasteiger charge is -2.32. The minimum absolute atomic E-state index is 0.110. The van der Waals surface area contributed by atoms with E-state index in [1.807, 2.05) is 27.7 Å². The Morgan fingerprint density at radius 2 is 1.94 bits per heavy atom. The lowest BCUT2D eigenvalue weighted by molar-refractivity contribution is 0.00578. The smallest absolute Gasteiger partial charge is 0.494 e. The number of ether oxygens (including phenoxy) is 1. The van der Waals surface area contributed by atoms with E-state index in [9.17, 15) is 0 Å². The van der Waals surface area contributed by atoms with Gasteiger partial charge in [-0.2, -0.15) is 0 Å². The highest BCUT2D eigenvalue weighted by atomic mass is 16.7. The largest absolute Gasteiger partial charge is 0.494 e. The molecule has 1 aliphatic rings. The van der Waals surface area contributed by atoms with E-state index in [0.717, 1.165) is 0 Å². The third-order valence-corrected chi connectivity index (χ3v) is 3.55. The lowest BCUT2D eigenvalue weighted by Crippen LogP contribution is -2.41. The van der Waals surface area contributed by atoms with Gasteiger partial charge in [-0.1, -0.05) is 12.1 Å². The molecule has 98 valence electrons. The summed E-state index contributed by atoms with van der Waals surface area (Å²) >= 11 is 0. The zero-order valence-electron chi connectivity index (χ0n) is 16.1. The summed E-state index contributed by atoms with van der Waals surface area (Å²) in [7, 11) is -0.623. The minimum Gasteiger partial charge on any atom is -0.494 e. The van der Waals surface area contributed by atoms with Crippen molar-refractivity contribution in [1.29, 1.82) is 0 Å². The molecule has 0 radical (unpaired) electrons. The molecule has 0 atom stereocenters. The molecule has 0 N–H and O–H groups in total. The highest BCUT2D eigenvalue weighted by Crippen LogP contribution is 2.36. The fourth-order valence-corrected chi connectivity index (χ4v) is 1.76. The summed E-state index contributed by atoms with van der Waals surface area (Å²) < 4.78 is 53.5. The van der Waals surface area contributed by atoms with Gasteiger partial charge in [-0.25, -0.2) is 0 Å². The number of benzene rings is 1. The molecule has 0 saturated carbocycles. The van der Waals surface area contributed by atoms with Gasteiger partial charge in [-0.15, -0.1) is 0 Å². The number of hydrogen-bond acceptors (Lipinski definition) is 3. The van der Waals surface area contributed by atoms with Gasteiger partial charge in [0, 0.05) is 4.11 Å². The van der Waals surface area contributed by atoms with Crippen LogP contribution in [0.5, 0.6) is 5.75 Å². The summed E-state index contributed by atoms with van der Waals surface area (Å²) in [5.41, 5.74) is -0.355. The number of rotatable bonds is 3. The van der Waals surface area contributed by atoms with Gasteiger partial charge in [0.15, 0.2) is 0 Å². The summed E-state index contributed by atoms with van der Waals surface area (Å²) in [6.45, 7) is 2.07. The predicted octanol–water partition coefficient (Wildman–Crippen LogP) is 2.38. The van der Waals surface area contributed by atoms with Crippen molar-refractivity contribution in [1.82, 2.24) is 0 Å². The van der Waals surface area contributed by atoms with Crippen molar-refractivity contribution < 1.29 is 20.9 Å². The summed E-state index contributed by atoms with van der Waals surface area (Å²) in [6.07, 6.45) is 0. The standard InChI is InChI=1S/C14H21BO3/c1-6-16-12-9-7-8-11(10-12)15-17-13(2,3)14(4,5)18-15/h7-10H,6H2,1-5H3/i1D3,6D2. The van der Waals surface area contributed by atoms with E-state index in [2.05, 4.69) is 0 Å². The molecule has 0 aliphatic carbocycles. The highest BCUT2D eigenvalue weighted by molar-refractivity contribution is 6.62. The molecule has 0 unspecified atom stereocenters. The molecule has 1 saturated heterocycles. The Balaban J connectivity index is 2.22. The topological polar surface area (TPSA) is 27.7 Å². The third-order valence-electron chi connectivity index (χ3n) is 3.55. The van der Waals surface area contributed by atoms with Crippen molar-refractivity contribution in [2.45, 2.75) is 45.7 Å². The number of hydrogen-bond donors (Lipinski definition) is 0. The van der Waals surface area contributed by atoms with Gasteiger partial charge in [0.2, 0.25) is 0 Å². The van der Waals surface area contributed by atoms with Crippen LogP contribution in [-0.4, -0.2) is 24.9 Å². The van der Waals surface area contributed by atoms with Gasteiger partial charge in [0.05, 0.1) is 20.5 Å². The average Bonchev–Trinajstić information content (AvgIpc) is 2.57. The highest BCUT2D eigenvalue weighted by Gasteiger charge is 2.51. The van der Waals surface area contributed by atoms with Crippen molar-refractivity contribution in [3.8, 4) is 5.75 Å². The second kappa shape index (κ2) is 4.59. The monoisotopic (exact) mass is 253 g/mol. The van der Waals surface area contributed by atoms with Gasteiger partial charge >= 0.3 is 7.12 Å². The van der Waals surface area contributed by atoms with E-state index in [1.165, 1.54) is 12.1 Å². The van der Waals surface area contributed by atoms with E-state index >= 15 is 0 Å². The molecule has 2 rings (SSSR count). The average molecular weight is 253 g/mol. The predicted molar refractivity (Wildman–Crippen MR) is 73.3 cm³/mol. The maximum atomic E-state index is 7.54. The molecule has 18 heavy (non-hydrogen) atoms. The lowest BCUT2D eigenvalue weighted by atomic mass is 9.79. The van der Waals surface area contributed by atoms with Crippen LogP contribution < -0.4 is 10.2 Å².